The second-order valence-electron chi connectivity index (χ2n) is 4.34. The van der Waals surface area contributed by atoms with Crippen molar-refractivity contribution in [2.24, 2.45) is 13.0 Å². The second-order valence-corrected chi connectivity index (χ2v) is 4.34. The van der Waals surface area contributed by atoms with E-state index >= 15 is 0 Å². The summed E-state index contributed by atoms with van der Waals surface area (Å²) >= 11 is 0. The third-order valence-electron chi connectivity index (χ3n) is 3.46. The van der Waals surface area contributed by atoms with Gasteiger partial charge in [-0.1, -0.05) is 18.6 Å². The Bertz CT molecular complexity index is 358. The standard InChI is InChI=1S/C11H17N3O/c1-3-8-4-5-9(15)6-10(8)11-7-12-13-14(11)2/h7-8,10H,3-6H2,1-2H3. The van der Waals surface area contributed by atoms with Crippen LogP contribution in [0.15, 0.2) is 6.20 Å². The van der Waals surface area contributed by atoms with Gasteiger partial charge in [0.2, 0.25) is 0 Å². The van der Waals surface area contributed by atoms with Crippen LogP contribution in [0.1, 0.15) is 44.2 Å². The van der Waals surface area contributed by atoms with Crippen molar-refractivity contribution >= 4 is 5.78 Å². The van der Waals surface area contributed by atoms with E-state index in [-0.39, 0.29) is 0 Å². The van der Waals surface area contributed by atoms with E-state index < -0.39 is 0 Å². The van der Waals surface area contributed by atoms with E-state index in [1.165, 1.54) is 0 Å². The first-order chi connectivity index (χ1) is 7.22. The summed E-state index contributed by atoms with van der Waals surface area (Å²) in [7, 11) is 1.90. The van der Waals surface area contributed by atoms with Crippen LogP contribution in [0.3, 0.4) is 0 Å². The molecule has 2 atom stereocenters. The van der Waals surface area contributed by atoms with Crippen LogP contribution in [-0.2, 0) is 11.8 Å². The van der Waals surface area contributed by atoms with Gasteiger partial charge in [-0.2, -0.15) is 0 Å². The molecule has 1 aliphatic carbocycles. The number of carbonyl (C=O) groups is 1. The average Bonchev–Trinajstić information content (AvgIpc) is 2.64. The first-order valence-electron chi connectivity index (χ1n) is 5.58. The zero-order chi connectivity index (χ0) is 10.8. The Labute approximate surface area is 89.7 Å². The lowest BCUT2D eigenvalue weighted by Gasteiger charge is -2.29. The highest BCUT2D eigenvalue weighted by molar-refractivity contribution is 5.80. The van der Waals surface area contributed by atoms with E-state index in [9.17, 15) is 4.79 Å². The fraction of sp³-hybridized carbons (Fsp3) is 0.727. The van der Waals surface area contributed by atoms with Gasteiger partial charge < -0.3 is 0 Å². The van der Waals surface area contributed by atoms with Crippen molar-refractivity contribution in [3.05, 3.63) is 11.9 Å². The van der Waals surface area contributed by atoms with Gasteiger partial charge in [-0.15, -0.1) is 5.10 Å². The fourth-order valence-electron chi connectivity index (χ4n) is 2.53. The van der Waals surface area contributed by atoms with Gasteiger partial charge in [0.05, 0.1) is 11.9 Å². The van der Waals surface area contributed by atoms with Crippen molar-refractivity contribution in [1.82, 2.24) is 15.0 Å². The molecule has 1 aromatic rings. The van der Waals surface area contributed by atoms with Gasteiger partial charge >= 0.3 is 0 Å². The topological polar surface area (TPSA) is 47.8 Å². The Balaban J connectivity index is 2.24. The summed E-state index contributed by atoms with van der Waals surface area (Å²) in [5, 5.41) is 7.83. The zero-order valence-electron chi connectivity index (χ0n) is 9.31. The summed E-state index contributed by atoms with van der Waals surface area (Å²) in [6, 6.07) is 0. The van der Waals surface area contributed by atoms with Crippen LogP contribution in [0.25, 0.3) is 0 Å². The second kappa shape index (κ2) is 4.13. The van der Waals surface area contributed by atoms with Crippen molar-refractivity contribution in [2.75, 3.05) is 0 Å². The molecule has 4 nitrogen and oxygen atoms in total. The molecular weight excluding hydrogens is 190 g/mol. The molecule has 1 aromatic heterocycles. The van der Waals surface area contributed by atoms with E-state index in [2.05, 4.69) is 17.2 Å². The molecule has 0 saturated heterocycles. The van der Waals surface area contributed by atoms with Gasteiger partial charge in [-0.05, 0) is 12.3 Å². The summed E-state index contributed by atoms with van der Waals surface area (Å²) in [5.41, 5.74) is 1.11. The Morgan fingerprint density at radius 1 is 1.60 bits per heavy atom. The predicted octanol–water partition coefficient (Wildman–Crippen LogP) is 1.68. The molecular formula is C11H17N3O. The zero-order valence-corrected chi connectivity index (χ0v) is 9.31. The number of rotatable bonds is 2. The van der Waals surface area contributed by atoms with Gasteiger partial charge in [-0.3, -0.25) is 9.48 Å². The highest BCUT2D eigenvalue weighted by Crippen LogP contribution is 2.37. The molecule has 15 heavy (non-hydrogen) atoms. The molecule has 2 unspecified atom stereocenters. The summed E-state index contributed by atoms with van der Waals surface area (Å²) in [6.07, 6.45) is 5.36. The number of ketones is 1. The molecule has 0 aromatic carbocycles. The lowest BCUT2D eigenvalue weighted by atomic mass is 9.76. The minimum atomic E-state index is 0.330. The smallest absolute Gasteiger partial charge is 0.133 e. The minimum absolute atomic E-state index is 0.330. The first-order valence-corrected chi connectivity index (χ1v) is 5.58. The molecule has 0 aliphatic heterocycles. The van der Waals surface area contributed by atoms with Gasteiger partial charge in [0, 0.05) is 25.8 Å². The number of aryl methyl sites for hydroxylation is 1. The summed E-state index contributed by atoms with van der Waals surface area (Å²) in [5.74, 6) is 1.32. The summed E-state index contributed by atoms with van der Waals surface area (Å²) < 4.78 is 1.80. The Hall–Kier alpha value is -1.19. The maximum Gasteiger partial charge on any atom is 0.133 e. The van der Waals surface area contributed by atoms with Crippen molar-refractivity contribution in [3.8, 4) is 0 Å². The van der Waals surface area contributed by atoms with Crippen LogP contribution < -0.4 is 0 Å². The summed E-state index contributed by atoms with van der Waals surface area (Å²) in [4.78, 5) is 11.5. The van der Waals surface area contributed by atoms with Crippen LogP contribution in [0.5, 0.6) is 0 Å². The lowest BCUT2D eigenvalue weighted by Crippen LogP contribution is -2.24. The van der Waals surface area contributed by atoms with Crippen molar-refractivity contribution < 1.29 is 4.79 Å². The van der Waals surface area contributed by atoms with Gasteiger partial charge in [0.15, 0.2) is 0 Å². The molecule has 0 bridgehead atoms. The quantitative estimate of drug-likeness (QED) is 0.741. The number of hydrogen-bond donors (Lipinski definition) is 0. The lowest BCUT2D eigenvalue weighted by molar-refractivity contribution is -0.121. The van der Waals surface area contributed by atoms with Crippen LogP contribution in [0, 0.1) is 5.92 Å². The normalized spacial score (nSPS) is 26.9. The van der Waals surface area contributed by atoms with Crippen LogP contribution >= 0.6 is 0 Å². The predicted molar refractivity (Wildman–Crippen MR) is 56.4 cm³/mol. The number of Topliss-reactive ketones (excluding diaryl/α,β-unsaturated/α-hetero) is 1. The van der Waals surface area contributed by atoms with Crippen LogP contribution in [-0.4, -0.2) is 20.8 Å². The summed E-state index contributed by atoms with van der Waals surface area (Å²) in [6.45, 7) is 2.19. The third kappa shape index (κ3) is 1.94. The van der Waals surface area contributed by atoms with E-state index in [0.717, 1.165) is 25.0 Å². The van der Waals surface area contributed by atoms with E-state index in [1.807, 2.05) is 7.05 Å². The molecule has 4 heteroatoms. The largest absolute Gasteiger partial charge is 0.300 e. The molecule has 0 amide bonds. The highest BCUT2D eigenvalue weighted by atomic mass is 16.1. The molecule has 0 spiro atoms. The number of aromatic nitrogens is 3. The highest BCUT2D eigenvalue weighted by Gasteiger charge is 2.31. The Morgan fingerprint density at radius 2 is 2.40 bits per heavy atom. The van der Waals surface area contributed by atoms with E-state index in [4.69, 9.17) is 0 Å². The maximum absolute atomic E-state index is 11.5. The SMILES string of the molecule is CCC1CCC(=O)CC1c1cnnn1C. The number of hydrogen-bond acceptors (Lipinski definition) is 3. The average molecular weight is 207 g/mol. The minimum Gasteiger partial charge on any atom is -0.300 e. The molecule has 1 aliphatic rings. The van der Waals surface area contributed by atoms with Crippen molar-refractivity contribution in [2.45, 2.75) is 38.5 Å². The Kier molecular flexibility index (Phi) is 2.84. The Morgan fingerprint density at radius 3 is 3.00 bits per heavy atom. The third-order valence-corrected chi connectivity index (χ3v) is 3.46. The van der Waals surface area contributed by atoms with E-state index in [0.29, 0.717) is 24.0 Å². The fourth-order valence-corrected chi connectivity index (χ4v) is 2.53. The van der Waals surface area contributed by atoms with Crippen molar-refractivity contribution in [3.63, 3.8) is 0 Å². The molecule has 1 fully saturated rings. The molecule has 2 rings (SSSR count). The molecule has 1 saturated carbocycles. The van der Waals surface area contributed by atoms with Gasteiger partial charge in [-0.25, -0.2) is 0 Å². The number of nitrogens with zero attached hydrogens (tertiary/aromatic N) is 3. The van der Waals surface area contributed by atoms with Crippen LogP contribution in [0.4, 0.5) is 0 Å². The molecule has 1 heterocycles. The molecule has 82 valence electrons. The molecule has 0 N–H and O–H groups in total. The van der Waals surface area contributed by atoms with E-state index in [1.54, 1.807) is 10.9 Å². The number of carbonyl (C=O) groups excluding carboxylic acids is 1. The van der Waals surface area contributed by atoms with Gasteiger partial charge in [0.1, 0.15) is 5.78 Å². The van der Waals surface area contributed by atoms with Gasteiger partial charge in [0.25, 0.3) is 0 Å². The monoisotopic (exact) mass is 207 g/mol. The van der Waals surface area contributed by atoms with Crippen LogP contribution in [0.2, 0.25) is 0 Å². The molecule has 0 radical (unpaired) electrons. The maximum atomic E-state index is 11.5. The first kappa shape index (κ1) is 10.3. The van der Waals surface area contributed by atoms with Crippen molar-refractivity contribution in [1.29, 1.82) is 0 Å².